The molecule has 7 nitrogen and oxygen atoms in total. The lowest BCUT2D eigenvalue weighted by Gasteiger charge is -2.12. The van der Waals surface area contributed by atoms with Gasteiger partial charge in [0.1, 0.15) is 22.1 Å². The van der Waals surface area contributed by atoms with Crippen LogP contribution in [0.5, 0.6) is 17.2 Å². The average molecular weight is 442 g/mol. The highest BCUT2D eigenvalue weighted by Crippen LogP contribution is 2.42. The smallest absolute Gasteiger partial charge is 0.344 e. The second-order valence-electron chi connectivity index (χ2n) is 6.26. The molecule has 2 aromatic carbocycles. The lowest BCUT2D eigenvalue weighted by atomic mass is 10.1. The number of para-hydroxylation sites is 1. The topological polar surface area (TPSA) is 86.6 Å². The number of aliphatic imine (C=N–C) groups is 1. The lowest BCUT2D eigenvalue weighted by molar-refractivity contribution is -0.138. The number of aliphatic hydroxyl groups is 1. The summed E-state index contributed by atoms with van der Waals surface area (Å²) >= 11 is 1.17. The molecule has 1 aliphatic rings. The summed E-state index contributed by atoms with van der Waals surface area (Å²) in [6, 6.07) is 12.6. The molecule has 0 radical (unpaired) electrons. The van der Waals surface area contributed by atoms with Gasteiger partial charge < -0.3 is 24.1 Å². The number of aliphatic hydroxyl groups excluding tert-OH is 1. The number of nitrogens with zero attached hydrogens (tertiary/aromatic N) is 1. The van der Waals surface area contributed by atoms with E-state index >= 15 is 0 Å². The zero-order valence-corrected chi connectivity index (χ0v) is 18.5. The van der Waals surface area contributed by atoms with E-state index in [4.69, 9.17) is 18.9 Å². The van der Waals surface area contributed by atoms with Crippen LogP contribution in [0.15, 0.2) is 63.7 Å². The third-order valence-corrected chi connectivity index (χ3v) is 5.40. The van der Waals surface area contributed by atoms with Crippen LogP contribution in [0.3, 0.4) is 0 Å². The molecule has 0 fully saturated rings. The van der Waals surface area contributed by atoms with Gasteiger partial charge in [-0.3, -0.25) is 0 Å². The minimum absolute atomic E-state index is 0.0291. The van der Waals surface area contributed by atoms with E-state index in [1.807, 2.05) is 30.3 Å². The van der Waals surface area contributed by atoms with E-state index in [0.717, 1.165) is 0 Å². The number of carbonyl (C=O) groups excluding carboxylic acids is 1. The number of thioether (sulfide) groups is 1. The van der Waals surface area contributed by atoms with E-state index in [-0.39, 0.29) is 17.9 Å². The van der Waals surface area contributed by atoms with Gasteiger partial charge in [0, 0.05) is 11.6 Å². The Morgan fingerprint density at radius 3 is 2.29 bits per heavy atom. The van der Waals surface area contributed by atoms with Crippen LogP contribution >= 0.6 is 11.8 Å². The van der Waals surface area contributed by atoms with Crippen LogP contribution < -0.4 is 14.2 Å². The molecule has 3 rings (SSSR count). The maximum atomic E-state index is 12.5. The molecule has 0 spiro atoms. The van der Waals surface area contributed by atoms with Crippen molar-refractivity contribution in [1.29, 1.82) is 0 Å². The minimum Gasteiger partial charge on any atom is -0.506 e. The highest BCUT2D eigenvalue weighted by atomic mass is 32.2. The van der Waals surface area contributed by atoms with Gasteiger partial charge in [0.2, 0.25) is 0 Å². The predicted molar refractivity (Wildman–Crippen MR) is 121 cm³/mol. The molecule has 0 aromatic heterocycles. The molecule has 0 saturated heterocycles. The third-order valence-electron chi connectivity index (χ3n) is 4.38. The Morgan fingerprint density at radius 2 is 1.68 bits per heavy atom. The first-order valence-electron chi connectivity index (χ1n) is 9.46. The molecule has 0 saturated carbocycles. The summed E-state index contributed by atoms with van der Waals surface area (Å²) in [7, 11) is 4.61. The molecule has 0 atom stereocenters. The number of methoxy groups -OCH3 is 3. The van der Waals surface area contributed by atoms with Gasteiger partial charge in [0.25, 0.3) is 0 Å². The molecule has 1 N–H and O–H groups in total. The maximum Gasteiger partial charge on any atom is 0.344 e. The first-order chi connectivity index (χ1) is 15.0. The van der Waals surface area contributed by atoms with Crippen molar-refractivity contribution in [2.45, 2.75) is 6.92 Å². The molecular weight excluding hydrogens is 418 g/mol. The summed E-state index contributed by atoms with van der Waals surface area (Å²) < 4.78 is 21.3. The van der Waals surface area contributed by atoms with Crippen LogP contribution in [0.25, 0.3) is 6.08 Å². The number of carbonyl (C=O) groups is 1. The molecule has 162 valence electrons. The van der Waals surface area contributed by atoms with Crippen molar-refractivity contribution in [3.8, 4) is 17.2 Å². The van der Waals surface area contributed by atoms with Crippen molar-refractivity contribution >= 4 is 34.5 Å². The fourth-order valence-electron chi connectivity index (χ4n) is 2.92. The van der Waals surface area contributed by atoms with Crippen LogP contribution in [0, 0.1) is 0 Å². The Morgan fingerprint density at radius 1 is 1.03 bits per heavy atom. The second-order valence-corrected chi connectivity index (χ2v) is 7.29. The fraction of sp³-hybridized carbons (Fsp3) is 0.217. The standard InChI is InChI=1S/C23H23NO6S/c1-5-30-23(26)20-21(25)19(31-22(20)24-15-9-7-6-8-10-15)12-14-11-17(28-3)18(29-4)13-16(14)27-2/h6-13,25H,5H2,1-4H3/b19-12-,24-22?. The Hall–Kier alpha value is -3.39. The quantitative estimate of drug-likeness (QED) is 0.611. The van der Waals surface area contributed by atoms with Gasteiger partial charge in [-0.05, 0) is 31.2 Å². The number of ether oxygens (including phenoxy) is 4. The summed E-state index contributed by atoms with van der Waals surface area (Å²) in [5, 5.41) is 11.2. The first kappa shape index (κ1) is 22.3. The zero-order valence-electron chi connectivity index (χ0n) is 17.7. The van der Waals surface area contributed by atoms with E-state index in [1.54, 1.807) is 25.1 Å². The first-order valence-corrected chi connectivity index (χ1v) is 10.3. The Kier molecular flexibility index (Phi) is 7.25. The Balaban J connectivity index is 2.10. The number of esters is 1. The van der Waals surface area contributed by atoms with Gasteiger partial charge in [-0.25, -0.2) is 9.79 Å². The molecule has 8 heteroatoms. The van der Waals surface area contributed by atoms with Gasteiger partial charge in [0.15, 0.2) is 11.5 Å². The van der Waals surface area contributed by atoms with E-state index in [9.17, 15) is 9.90 Å². The van der Waals surface area contributed by atoms with Crippen molar-refractivity contribution in [2.75, 3.05) is 27.9 Å². The van der Waals surface area contributed by atoms with E-state index in [2.05, 4.69) is 4.99 Å². The van der Waals surface area contributed by atoms with Crippen molar-refractivity contribution in [3.05, 3.63) is 64.3 Å². The highest BCUT2D eigenvalue weighted by molar-refractivity contribution is 8.18. The van der Waals surface area contributed by atoms with E-state index in [0.29, 0.717) is 38.4 Å². The van der Waals surface area contributed by atoms with Crippen LogP contribution in [-0.2, 0) is 9.53 Å². The molecular formula is C23H23NO6S. The fourth-order valence-corrected chi connectivity index (χ4v) is 3.94. The van der Waals surface area contributed by atoms with Gasteiger partial charge in [0.05, 0.1) is 38.5 Å². The van der Waals surface area contributed by atoms with Crippen LogP contribution in [0.4, 0.5) is 5.69 Å². The van der Waals surface area contributed by atoms with Crippen LogP contribution in [0.2, 0.25) is 0 Å². The summed E-state index contributed by atoms with van der Waals surface area (Å²) in [5.41, 5.74) is 1.32. The van der Waals surface area contributed by atoms with Crippen LogP contribution in [0.1, 0.15) is 12.5 Å². The summed E-state index contributed by atoms with van der Waals surface area (Å²) in [5.74, 6) is 0.703. The second kappa shape index (κ2) is 10.1. The van der Waals surface area contributed by atoms with Crippen molar-refractivity contribution < 1.29 is 28.8 Å². The molecule has 2 aromatic rings. The van der Waals surface area contributed by atoms with Crippen molar-refractivity contribution in [1.82, 2.24) is 0 Å². The van der Waals surface area contributed by atoms with Gasteiger partial charge in [-0.2, -0.15) is 0 Å². The minimum atomic E-state index is -0.634. The number of hydrogen-bond acceptors (Lipinski definition) is 8. The molecule has 0 aliphatic carbocycles. The van der Waals surface area contributed by atoms with Crippen molar-refractivity contribution in [3.63, 3.8) is 0 Å². The summed E-state index contributed by atoms with van der Waals surface area (Å²) in [6.45, 7) is 1.89. The summed E-state index contributed by atoms with van der Waals surface area (Å²) in [4.78, 5) is 17.5. The number of benzene rings is 2. The monoisotopic (exact) mass is 441 g/mol. The zero-order chi connectivity index (χ0) is 22.4. The number of hydrogen-bond donors (Lipinski definition) is 1. The van der Waals surface area contributed by atoms with E-state index in [1.165, 1.54) is 33.1 Å². The molecule has 1 aliphatic heterocycles. The average Bonchev–Trinajstić information content (AvgIpc) is 3.08. The maximum absolute atomic E-state index is 12.5. The van der Waals surface area contributed by atoms with Crippen molar-refractivity contribution in [2.24, 2.45) is 4.99 Å². The Labute approximate surface area is 185 Å². The normalized spacial score (nSPS) is 16.0. The highest BCUT2D eigenvalue weighted by Gasteiger charge is 2.33. The van der Waals surface area contributed by atoms with Gasteiger partial charge in [-0.15, -0.1) is 0 Å². The molecule has 1 heterocycles. The third kappa shape index (κ3) is 4.86. The Bertz CT molecular complexity index is 1060. The van der Waals surface area contributed by atoms with Gasteiger partial charge in [-0.1, -0.05) is 30.0 Å². The van der Waals surface area contributed by atoms with Crippen LogP contribution in [-0.4, -0.2) is 44.1 Å². The summed E-state index contributed by atoms with van der Waals surface area (Å²) in [6.07, 6.45) is 1.70. The van der Waals surface area contributed by atoms with Gasteiger partial charge >= 0.3 is 5.97 Å². The lowest BCUT2D eigenvalue weighted by Crippen LogP contribution is -2.12. The molecule has 0 bridgehead atoms. The SMILES string of the molecule is CCOC(=O)C1=C(O)/C(=C/c2cc(OC)c(OC)cc2OC)SC1=Nc1ccccc1. The van der Waals surface area contributed by atoms with E-state index < -0.39 is 5.97 Å². The predicted octanol–water partition coefficient (Wildman–Crippen LogP) is 4.91. The molecule has 0 amide bonds. The molecule has 31 heavy (non-hydrogen) atoms. The molecule has 0 unspecified atom stereocenters. The number of rotatable bonds is 7. The largest absolute Gasteiger partial charge is 0.506 e.